The minimum atomic E-state index is -4.06. The zero-order valence-corrected chi connectivity index (χ0v) is 17.9. The molecule has 6 nitrogen and oxygen atoms in total. The van der Waals surface area contributed by atoms with Crippen molar-refractivity contribution in [2.24, 2.45) is 5.92 Å². The monoisotopic (exact) mass is 422 g/mol. The summed E-state index contributed by atoms with van der Waals surface area (Å²) in [6, 6.07) is 10.8. The number of ether oxygens (including phenoxy) is 1. The first-order chi connectivity index (χ1) is 13.6. The molecular formula is C21H27FN2O4S. The fourth-order valence-electron chi connectivity index (χ4n) is 2.52. The van der Waals surface area contributed by atoms with Crippen LogP contribution in [0.3, 0.4) is 0 Å². The summed E-state index contributed by atoms with van der Waals surface area (Å²) in [4.78, 5) is 12.5. The molecule has 0 aliphatic heterocycles. The van der Waals surface area contributed by atoms with Gasteiger partial charge in [0.25, 0.3) is 10.0 Å². The Morgan fingerprint density at radius 1 is 1.07 bits per heavy atom. The second-order valence-electron chi connectivity index (χ2n) is 6.99. The van der Waals surface area contributed by atoms with Crippen LogP contribution in [0, 0.1) is 11.7 Å². The number of anilines is 1. The third-order valence-corrected chi connectivity index (χ3v) is 6.30. The highest BCUT2D eigenvalue weighted by Gasteiger charge is 2.28. The Morgan fingerprint density at radius 3 is 2.17 bits per heavy atom. The van der Waals surface area contributed by atoms with Gasteiger partial charge in [0.2, 0.25) is 5.91 Å². The van der Waals surface area contributed by atoms with E-state index in [1.807, 2.05) is 27.7 Å². The molecule has 1 atom stereocenters. The summed E-state index contributed by atoms with van der Waals surface area (Å²) in [5, 5.41) is 2.80. The molecule has 0 saturated heterocycles. The van der Waals surface area contributed by atoms with Crippen LogP contribution in [0.1, 0.15) is 27.7 Å². The quantitative estimate of drug-likeness (QED) is 0.670. The first kappa shape index (κ1) is 22.7. The molecule has 0 heterocycles. The Bertz CT molecular complexity index is 913. The second-order valence-corrected chi connectivity index (χ2v) is 8.86. The highest BCUT2D eigenvalue weighted by atomic mass is 32.2. The van der Waals surface area contributed by atoms with Gasteiger partial charge in [0.15, 0.2) is 0 Å². The summed E-state index contributed by atoms with van der Waals surface area (Å²) < 4.78 is 46.2. The Labute approximate surface area is 171 Å². The van der Waals surface area contributed by atoms with Crippen LogP contribution in [0.5, 0.6) is 5.75 Å². The van der Waals surface area contributed by atoms with Crippen molar-refractivity contribution in [3.63, 3.8) is 0 Å². The molecule has 8 heteroatoms. The molecule has 1 amide bonds. The van der Waals surface area contributed by atoms with Gasteiger partial charge in [-0.25, -0.2) is 12.8 Å². The molecule has 2 rings (SSSR count). The summed E-state index contributed by atoms with van der Waals surface area (Å²) in [5.74, 6) is -0.195. The number of amides is 1. The predicted molar refractivity (Wildman–Crippen MR) is 111 cm³/mol. The van der Waals surface area contributed by atoms with Gasteiger partial charge in [-0.05, 0) is 68.3 Å². The van der Waals surface area contributed by atoms with Crippen molar-refractivity contribution in [3.05, 3.63) is 54.3 Å². The Kier molecular flexibility index (Phi) is 7.61. The van der Waals surface area contributed by atoms with Crippen LogP contribution in [0.2, 0.25) is 0 Å². The maximum atomic E-state index is 13.3. The lowest BCUT2D eigenvalue weighted by molar-refractivity contribution is -0.120. The first-order valence-corrected chi connectivity index (χ1v) is 10.9. The molecule has 2 aromatic carbocycles. The van der Waals surface area contributed by atoms with Crippen LogP contribution in [0.15, 0.2) is 53.4 Å². The molecule has 0 aliphatic carbocycles. The van der Waals surface area contributed by atoms with E-state index in [1.54, 1.807) is 12.1 Å². The summed E-state index contributed by atoms with van der Waals surface area (Å²) in [5.41, 5.74) is 0.202. The van der Waals surface area contributed by atoms with Gasteiger partial charge in [-0.2, -0.15) is 0 Å². The van der Waals surface area contributed by atoms with Crippen LogP contribution in [-0.2, 0) is 14.8 Å². The van der Waals surface area contributed by atoms with Crippen molar-refractivity contribution in [2.45, 2.75) is 38.6 Å². The molecule has 0 aliphatic rings. The van der Waals surface area contributed by atoms with Crippen molar-refractivity contribution in [3.8, 4) is 5.75 Å². The number of hydrogen-bond donors (Lipinski definition) is 1. The van der Waals surface area contributed by atoms with Crippen molar-refractivity contribution in [2.75, 3.05) is 17.5 Å². The van der Waals surface area contributed by atoms with Gasteiger partial charge in [0.05, 0.1) is 17.2 Å². The second kappa shape index (κ2) is 9.73. The number of carbonyl (C=O) groups is 1. The molecule has 0 saturated carbocycles. The zero-order valence-electron chi connectivity index (χ0n) is 17.1. The highest BCUT2D eigenvalue weighted by molar-refractivity contribution is 7.92. The predicted octanol–water partition coefficient (Wildman–Crippen LogP) is 3.58. The van der Waals surface area contributed by atoms with Crippen molar-refractivity contribution in [1.29, 1.82) is 0 Å². The fourth-order valence-corrected chi connectivity index (χ4v) is 3.94. The van der Waals surface area contributed by atoms with E-state index in [-0.39, 0.29) is 22.5 Å². The SMILES string of the molecule is CCOc1ccc(S(=O)(=O)N(CC(=O)NC(C)C(C)C)c2ccc(F)cc2)cc1. The minimum Gasteiger partial charge on any atom is -0.494 e. The van der Waals surface area contributed by atoms with Crippen molar-refractivity contribution < 1.29 is 22.3 Å². The summed E-state index contributed by atoms with van der Waals surface area (Å²) in [6.45, 7) is 7.64. The largest absolute Gasteiger partial charge is 0.494 e. The number of carbonyl (C=O) groups excluding carboxylic acids is 1. The lowest BCUT2D eigenvalue weighted by Gasteiger charge is -2.26. The van der Waals surface area contributed by atoms with E-state index in [0.29, 0.717) is 12.4 Å². The minimum absolute atomic E-state index is 0.00925. The number of benzene rings is 2. The molecule has 29 heavy (non-hydrogen) atoms. The van der Waals surface area contributed by atoms with E-state index in [4.69, 9.17) is 4.74 Å². The van der Waals surface area contributed by atoms with Crippen molar-refractivity contribution in [1.82, 2.24) is 5.32 Å². The number of nitrogens with zero attached hydrogens (tertiary/aromatic N) is 1. The van der Waals surface area contributed by atoms with Gasteiger partial charge >= 0.3 is 0 Å². The Balaban J connectivity index is 2.37. The van der Waals surface area contributed by atoms with Crippen LogP contribution < -0.4 is 14.4 Å². The van der Waals surface area contributed by atoms with Gasteiger partial charge in [-0.15, -0.1) is 0 Å². The van der Waals surface area contributed by atoms with Crippen LogP contribution in [0.25, 0.3) is 0 Å². The van der Waals surface area contributed by atoms with Gasteiger partial charge < -0.3 is 10.1 Å². The summed E-state index contributed by atoms with van der Waals surface area (Å²) in [6.07, 6.45) is 0. The molecule has 1 unspecified atom stereocenters. The lowest BCUT2D eigenvalue weighted by Crippen LogP contribution is -2.45. The maximum absolute atomic E-state index is 13.3. The average molecular weight is 423 g/mol. The molecule has 158 valence electrons. The maximum Gasteiger partial charge on any atom is 0.264 e. The van der Waals surface area contributed by atoms with E-state index >= 15 is 0 Å². The Hall–Kier alpha value is -2.61. The third kappa shape index (κ3) is 5.93. The molecular weight excluding hydrogens is 395 g/mol. The molecule has 0 spiro atoms. The van der Waals surface area contributed by atoms with Crippen LogP contribution in [0.4, 0.5) is 10.1 Å². The average Bonchev–Trinajstić information content (AvgIpc) is 2.67. The summed E-state index contributed by atoms with van der Waals surface area (Å²) >= 11 is 0. The van der Waals surface area contributed by atoms with E-state index in [2.05, 4.69) is 5.32 Å². The van der Waals surface area contributed by atoms with Crippen LogP contribution in [-0.4, -0.2) is 33.5 Å². The first-order valence-electron chi connectivity index (χ1n) is 9.45. The standard InChI is InChI=1S/C21H27FN2O4S/c1-5-28-19-10-12-20(13-11-19)29(26,27)24(18-8-6-17(22)7-9-18)14-21(25)23-16(4)15(2)3/h6-13,15-16H,5,14H2,1-4H3,(H,23,25). The Morgan fingerprint density at radius 2 is 1.66 bits per heavy atom. The van der Waals surface area contributed by atoms with Gasteiger partial charge in [0.1, 0.15) is 18.1 Å². The topological polar surface area (TPSA) is 75.7 Å². The molecule has 0 bridgehead atoms. The fraction of sp³-hybridized carbons (Fsp3) is 0.381. The molecule has 2 aromatic rings. The molecule has 0 radical (unpaired) electrons. The number of hydrogen-bond acceptors (Lipinski definition) is 4. The van der Waals surface area contributed by atoms with E-state index in [0.717, 1.165) is 16.4 Å². The number of halogens is 1. The number of nitrogens with one attached hydrogen (secondary N) is 1. The number of rotatable bonds is 9. The summed E-state index contributed by atoms with van der Waals surface area (Å²) in [7, 11) is -4.06. The number of sulfonamides is 1. The third-order valence-electron chi connectivity index (χ3n) is 4.51. The molecule has 1 N–H and O–H groups in total. The van der Waals surface area contributed by atoms with E-state index in [1.165, 1.54) is 24.3 Å². The van der Waals surface area contributed by atoms with Crippen LogP contribution >= 0.6 is 0 Å². The highest BCUT2D eigenvalue weighted by Crippen LogP contribution is 2.25. The van der Waals surface area contributed by atoms with Gasteiger partial charge in [0, 0.05) is 6.04 Å². The normalized spacial score (nSPS) is 12.5. The zero-order chi connectivity index (χ0) is 21.6. The smallest absolute Gasteiger partial charge is 0.264 e. The van der Waals surface area contributed by atoms with Gasteiger partial charge in [-0.1, -0.05) is 13.8 Å². The molecule has 0 aromatic heterocycles. The molecule has 0 fully saturated rings. The van der Waals surface area contributed by atoms with Crippen molar-refractivity contribution >= 4 is 21.6 Å². The van der Waals surface area contributed by atoms with E-state index in [9.17, 15) is 17.6 Å². The van der Waals surface area contributed by atoms with Gasteiger partial charge in [-0.3, -0.25) is 9.10 Å². The lowest BCUT2D eigenvalue weighted by atomic mass is 10.1. The van der Waals surface area contributed by atoms with E-state index < -0.39 is 28.3 Å².